The van der Waals surface area contributed by atoms with Crippen molar-refractivity contribution in [1.82, 2.24) is 24.6 Å². The van der Waals surface area contributed by atoms with Crippen LogP contribution in [0, 0.1) is 5.92 Å². The zero-order valence-corrected chi connectivity index (χ0v) is 20.6. The summed E-state index contributed by atoms with van der Waals surface area (Å²) in [6.07, 6.45) is -6.41. The Hall–Kier alpha value is -3.24. The molecule has 38 heavy (non-hydrogen) atoms. The van der Waals surface area contributed by atoms with Crippen molar-refractivity contribution in [3.63, 3.8) is 0 Å². The Morgan fingerprint density at radius 1 is 1.03 bits per heavy atom. The lowest BCUT2D eigenvalue weighted by atomic mass is 10.1. The van der Waals surface area contributed by atoms with Crippen molar-refractivity contribution in [3.05, 3.63) is 48.0 Å². The van der Waals surface area contributed by atoms with Crippen LogP contribution in [0.3, 0.4) is 0 Å². The number of pyridine rings is 1. The molecule has 1 aliphatic rings. The van der Waals surface area contributed by atoms with Crippen LogP contribution in [-0.4, -0.2) is 99.5 Å². The molecule has 1 aliphatic heterocycles. The summed E-state index contributed by atoms with van der Waals surface area (Å²) < 4.78 is 71.5. The van der Waals surface area contributed by atoms with E-state index >= 15 is 0 Å². The van der Waals surface area contributed by atoms with Crippen LogP contribution in [0.1, 0.15) is 11.4 Å². The van der Waals surface area contributed by atoms with E-state index in [1.807, 2.05) is 24.5 Å². The number of carboxylic acids is 2. The highest BCUT2D eigenvalue weighted by molar-refractivity contribution is 5.73. The molecule has 0 radical (unpaired) electrons. The van der Waals surface area contributed by atoms with Crippen LogP contribution in [0.25, 0.3) is 0 Å². The van der Waals surface area contributed by atoms with Crippen LogP contribution in [0.2, 0.25) is 0 Å². The first-order chi connectivity index (χ1) is 17.6. The third kappa shape index (κ3) is 13.3. The first-order valence-electron chi connectivity index (χ1n) is 11.0. The second kappa shape index (κ2) is 15.2. The average Bonchev–Trinajstić information content (AvgIpc) is 3.16. The number of hydrogen-bond acceptors (Lipinski definition) is 7. The maximum atomic E-state index is 10.6. The van der Waals surface area contributed by atoms with Gasteiger partial charge in [0, 0.05) is 51.0 Å². The molecule has 0 saturated heterocycles. The Bertz CT molecular complexity index is 961. The molecule has 3 rings (SSSR count). The fourth-order valence-corrected chi connectivity index (χ4v) is 3.06. The number of hydrogen-bond donors (Lipinski definition) is 2. The number of fused-ring (bicyclic) bond motifs is 1. The minimum Gasteiger partial charge on any atom is -0.475 e. The average molecular weight is 557 g/mol. The van der Waals surface area contributed by atoms with Gasteiger partial charge < -0.3 is 19.8 Å². The Morgan fingerprint density at radius 3 is 2.13 bits per heavy atom. The molecule has 3 heterocycles. The summed E-state index contributed by atoms with van der Waals surface area (Å²) in [7, 11) is 4.14. The number of alkyl halides is 6. The van der Waals surface area contributed by atoms with E-state index in [-0.39, 0.29) is 0 Å². The van der Waals surface area contributed by atoms with Crippen LogP contribution in [0.4, 0.5) is 26.3 Å². The number of aromatic nitrogens is 3. The first-order valence-corrected chi connectivity index (χ1v) is 11.0. The van der Waals surface area contributed by atoms with Crippen LogP contribution in [0.5, 0.6) is 0 Å². The number of ether oxygens (including phenoxy) is 1. The van der Waals surface area contributed by atoms with Gasteiger partial charge in [-0.2, -0.15) is 31.4 Å². The summed E-state index contributed by atoms with van der Waals surface area (Å²) in [4.78, 5) is 26.8. The van der Waals surface area contributed by atoms with Gasteiger partial charge in [-0.1, -0.05) is 6.07 Å². The number of carboxylic acid groups (broad SMARTS) is 2. The molecule has 0 amide bonds. The van der Waals surface area contributed by atoms with Gasteiger partial charge in [0.05, 0.1) is 24.6 Å². The molecule has 0 aromatic carbocycles. The number of aliphatic carboxylic acids is 2. The Kier molecular flexibility index (Phi) is 13.1. The van der Waals surface area contributed by atoms with Gasteiger partial charge in [-0.05, 0) is 32.3 Å². The van der Waals surface area contributed by atoms with Gasteiger partial charge in [-0.3, -0.25) is 14.6 Å². The molecule has 2 aromatic rings. The molecule has 214 valence electrons. The number of carbonyl (C=O) groups is 2. The predicted octanol–water partition coefficient (Wildman–Crippen LogP) is 2.75. The summed E-state index contributed by atoms with van der Waals surface area (Å²) in [5.41, 5.74) is 2.37. The predicted molar refractivity (Wildman–Crippen MR) is 121 cm³/mol. The summed E-state index contributed by atoms with van der Waals surface area (Å²) in [6, 6.07) is 8.21. The summed E-state index contributed by atoms with van der Waals surface area (Å²) in [5, 5.41) is 18.7. The lowest BCUT2D eigenvalue weighted by Crippen LogP contribution is -2.31. The second-order valence-electron chi connectivity index (χ2n) is 8.35. The molecule has 2 N–H and O–H groups in total. The maximum absolute atomic E-state index is 10.6. The second-order valence-corrected chi connectivity index (χ2v) is 8.35. The molecule has 0 spiro atoms. The number of rotatable bonds is 7. The zero-order valence-electron chi connectivity index (χ0n) is 20.6. The van der Waals surface area contributed by atoms with Crippen molar-refractivity contribution in [3.8, 4) is 0 Å². The van der Waals surface area contributed by atoms with E-state index in [0.29, 0.717) is 5.92 Å². The molecule has 10 nitrogen and oxygen atoms in total. The van der Waals surface area contributed by atoms with Gasteiger partial charge in [0.25, 0.3) is 0 Å². The fourth-order valence-electron chi connectivity index (χ4n) is 3.06. The van der Waals surface area contributed by atoms with Gasteiger partial charge in [0.1, 0.15) is 0 Å². The topological polar surface area (TPSA) is 121 Å². The Morgan fingerprint density at radius 2 is 1.63 bits per heavy atom. The quantitative estimate of drug-likeness (QED) is 0.391. The lowest BCUT2D eigenvalue weighted by Gasteiger charge is -2.23. The van der Waals surface area contributed by atoms with Gasteiger partial charge >= 0.3 is 24.3 Å². The third-order valence-corrected chi connectivity index (χ3v) is 4.77. The Balaban J connectivity index is 0.000000426. The van der Waals surface area contributed by atoms with E-state index in [4.69, 9.17) is 24.5 Å². The van der Waals surface area contributed by atoms with Crippen LogP contribution < -0.4 is 0 Å². The SMILES string of the molecule is CN(C)CCOCC1CN(Cc2ccccn2)Cc2ccnn2C1.O=C(O)C(F)(F)F.O=C(O)C(F)(F)F. The van der Waals surface area contributed by atoms with E-state index in [1.165, 1.54) is 5.69 Å². The van der Waals surface area contributed by atoms with Crippen LogP contribution in [-0.2, 0) is 34.0 Å². The number of halogens is 6. The van der Waals surface area contributed by atoms with Crippen molar-refractivity contribution in [2.75, 3.05) is 40.4 Å². The molecule has 1 unspecified atom stereocenters. The van der Waals surface area contributed by atoms with Gasteiger partial charge in [-0.15, -0.1) is 0 Å². The minimum atomic E-state index is -5.08. The van der Waals surface area contributed by atoms with Crippen LogP contribution in [0.15, 0.2) is 36.7 Å². The van der Waals surface area contributed by atoms with Gasteiger partial charge in [-0.25, -0.2) is 9.59 Å². The fraction of sp³-hybridized carbons (Fsp3) is 0.545. The van der Waals surface area contributed by atoms with E-state index in [9.17, 15) is 26.3 Å². The molecule has 2 aromatic heterocycles. The summed E-state index contributed by atoms with van der Waals surface area (Å²) in [6.45, 7) is 6.19. The lowest BCUT2D eigenvalue weighted by molar-refractivity contribution is -0.193. The minimum absolute atomic E-state index is 0.442. The highest BCUT2D eigenvalue weighted by Crippen LogP contribution is 2.18. The zero-order chi connectivity index (χ0) is 28.9. The molecule has 0 aliphatic carbocycles. The maximum Gasteiger partial charge on any atom is 0.490 e. The van der Waals surface area contributed by atoms with Crippen molar-refractivity contribution < 1.29 is 50.9 Å². The monoisotopic (exact) mass is 557 g/mol. The molecule has 1 atom stereocenters. The van der Waals surface area contributed by atoms with Crippen molar-refractivity contribution in [2.24, 2.45) is 5.92 Å². The molecular weight excluding hydrogens is 528 g/mol. The number of nitrogens with zero attached hydrogens (tertiary/aromatic N) is 5. The van der Waals surface area contributed by atoms with E-state index in [1.54, 1.807) is 0 Å². The summed E-state index contributed by atoms with van der Waals surface area (Å²) in [5.74, 6) is -5.07. The van der Waals surface area contributed by atoms with Crippen molar-refractivity contribution in [2.45, 2.75) is 32.0 Å². The molecule has 0 bridgehead atoms. The van der Waals surface area contributed by atoms with E-state index in [2.05, 4.69) is 50.8 Å². The third-order valence-electron chi connectivity index (χ3n) is 4.77. The van der Waals surface area contributed by atoms with Crippen molar-refractivity contribution >= 4 is 11.9 Å². The van der Waals surface area contributed by atoms with Gasteiger partial charge in [0.15, 0.2) is 0 Å². The molecule has 0 fully saturated rings. The largest absolute Gasteiger partial charge is 0.490 e. The normalized spacial score (nSPS) is 15.9. The number of likely N-dealkylation sites (N-methyl/N-ethyl adjacent to an activating group) is 1. The van der Waals surface area contributed by atoms with Gasteiger partial charge in [0.2, 0.25) is 0 Å². The smallest absolute Gasteiger partial charge is 0.475 e. The highest BCUT2D eigenvalue weighted by atomic mass is 19.4. The van der Waals surface area contributed by atoms with Crippen molar-refractivity contribution in [1.29, 1.82) is 0 Å². The molecule has 0 saturated carbocycles. The molecular formula is C22H29F6N5O5. The van der Waals surface area contributed by atoms with Crippen LogP contribution >= 0.6 is 0 Å². The van der Waals surface area contributed by atoms with E-state index < -0.39 is 24.3 Å². The molecule has 16 heteroatoms. The highest BCUT2D eigenvalue weighted by Gasteiger charge is 2.38. The first kappa shape index (κ1) is 32.8. The summed E-state index contributed by atoms with van der Waals surface area (Å²) >= 11 is 0. The standard InChI is InChI=1S/C18H27N5O.2C2HF3O2/c1-21(2)9-10-24-15-16-11-22(13-17-5-3-4-7-19-17)14-18-6-8-20-23(18)12-16;2*3-2(4,5)1(6)7/h3-8,16H,9-15H2,1-2H3;2*(H,6,7). The van der Waals surface area contributed by atoms with E-state index in [0.717, 1.165) is 51.6 Å². The Labute approximate surface area is 214 Å².